The van der Waals surface area contributed by atoms with Crippen LogP contribution in [0.5, 0.6) is 5.75 Å². The predicted molar refractivity (Wildman–Crippen MR) is 126 cm³/mol. The molecule has 2 atom stereocenters. The number of aliphatic hydroxyl groups excluding tert-OH is 1. The first kappa shape index (κ1) is 22.9. The number of aromatic nitrogens is 3. The van der Waals surface area contributed by atoms with Gasteiger partial charge in [-0.15, -0.1) is 0 Å². The normalized spacial score (nSPS) is 19.8. The number of hydrogen-bond donors (Lipinski definition) is 2. The summed E-state index contributed by atoms with van der Waals surface area (Å²) in [6.45, 7) is 8.56. The summed E-state index contributed by atoms with van der Waals surface area (Å²) in [5, 5.41) is 13.7. The summed E-state index contributed by atoms with van der Waals surface area (Å²) >= 11 is 0. The van der Waals surface area contributed by atoms with E-state index < -0.39 is 6.23 Å². The summed E-state index contributed by atoms with van der Waals surface area (Å²) in [6, 6.07) is 3.84. The molecule has 2 aromatic heterocycles. The molecule has 0 radical (unpaired) electrons. The van der Waals surface area contributed by atoms with Crippen molar-refractivity contribution in [1.29, 1.82) is 0 Å². The molecule has 4 rings (SSSR count). The summed E-state index contributed by atoms with van der Waals surface area (Å²) in [4.78, 5) is 18.6. The zero-order chi connectivity index (χ0) is 22.9. The van der Waals surface area contributed by atoms with Gasteiger partial charge < -0.3 is 19.6 Å². The number of aryl methyl sites for hydroxylation is 1. The molecule has 1 unspecified atom stereocenters. The third-order valence-corrected chi connectivity index (χ3v) is 5.93. The summed E-state index contributed by atoms with van der Waals surface area (Å²) in [6.07, 6.45) is 5.32. The summed E-state index contributed by atoms with van der Waals surface area (Å²) in [5.41, 5.74) is 2.81. The molecule has 1 aliphatic heterocycles. The van der Waals surface area contributed by atoms with E-state index in [4.69, 9.17) is 14.7 Å². The minimum Gasteiger partial charge on any atom is -0.489 e. The van der Waals surface area contributed by atoms with E-state index in [0.717, 1.165) is 56.0 Å². The first-order chi connectivity index (χ1) is 15.2. The van der Waals surface area contributed by atoms with Crippen molar-refractivity contribution in [3.63, 3.8) is 0 Å². The lowest BCUT2D eigenvalue weighted by molar-refractivity contribution is 0.112. The van der Waals surface area contributed by atoms with Crippen molar-refractivity contribution < 1.29 is 9.84 Å². The maximum atomic E-state index is 10.5. The van der Waals surface area contributed by atoms with E-state index in [9.17, 15) is 5.11 Å². The topological polar surface area (TPSA) is 86.6 Å². The first-order valence-corrected chi connectivity index (χ1v) is 11.6. The molecular formula is C24H36N6O2. The number of pyridine rings is 1. The lowest BCUT2D eigenvalue weighted by Gasteiger charge is -2.29. The summed E-state index contributed by atoms with van der Waals surface area (Å²) < 4.78 is 6.19. The van der Waals surface area contributed by atoms with E-state index in [1.807, 2.05) is 44.9 Å². The Morgan fingerprint density at radius 1 is 1.31 bits per heavy atom. The highest BCUT2D eigenvalue weighted by Crippen LogP contribution is 2.31. The molecule has 0 saturated carbocycles. The fourth-order valence-electron chi connectivity index (χ4n) is 4.52. The first-order valence-electron chi connectivity index (χ1n) is 11.6. The fourth-order valence-corrected chi connectivity index (χ4v) is 4.52. The Labute approximate surface area is 191 Å². The van der Waals surface area contributed by atoms with Gasteiger partial charge in [-0.25, -0.2) is 9.97 Å². The highest BCUT2D eigenvalue weighted by atomic mass is 16.5. The van der Waals surface area contributed by atoms with Crippen LogP contribution >= 0.6 is 0 Å². The number of likely N-dealkylation sites (N-methyl/N-ethyl adjacent to an activating group) is 2. The molecule has 2 aromatic rings. The van der Waals surface area contributed by atoms with E-state index in [-0.39, 0.29) is 11.6 Å². The highest BCUT2D eigenvalue weighted by molar-refractivity contribution is 5.59. The lowest BCUT2D eigenvalue weighted by Crippen LogP contribution is -2.48. The zero-order valence-electron chi connectivity index (χ0n) is 19.9. The second kappa shape index (κ2) is 9.29. The molecule has 0 amide bonds. The van der Waals surface area contributed by atoms with Crippen molar-refractivity contribution in [2.75, 3.05) is 38.6 Å². The summed E-state index contributed by atoms with van der Waals surface area (Å²) in [5.74, 6) is 2.29. The molecule has 2 N–H and O–H groups in total. The van der Waals surface area contributed by atoms with Crippen LogP contribution in [0.3, 0.4) is 0 Å². The van der Waals surface area contributed by atoms with Gasteiger partial charge in [0.1, 0.15) is 29.6 Å². The van der Waals surface area contributed by atoms with Crippen LogP contribution in [0.15, 0.2) is 18.3 Å². The number of nitrogens with zero attached hydrogens (tertiary/aromatic N) is 5. The smallest absolute Gasteiger partial charge is 0.180 e. The van der Waals surface area contributed by atoms with Gasteiger partial charge in [0, 0.05) is 49.2 Å². The molecule has 8 heteroatoms. The molecule has 0 aromatic carbocycles. The molecule has 0 bridgehead atoms. The lowest BCUT2D eigenvalue weighted by atomic mass is 10.1. The van der Waals surface area contributed by atoms with Gasteiger partial charge in [0.25, 0.3) is 0 Å². The number of hydrogen-bond acceptors (Lipinski definition) is 8. The third-order valence-electron chi connectivity index (χ3n) is 5.93. The van der Waals surface area contributed by atoms with Crippen LogP contribution in [0.25, 0.3) is 11.5 Å². The van der Waals surface area contributed by atoms with Crippen LogP contribution in [0.1, 0.15) is 44.9 Å². The molecule has 3 heterocycles. The molecular weight excluding hydrogens is 404 g/mol. The van der Waals surface area contributed by atoms with E-state index in [1.54, 1.807) is 6.20 Å². The van der Waals surface area contributed by atoms with Gasteiger partial charge in [-0.3, -0.25) is 10.3 Å². The number of likely N-dealkylation sites (tertiary alicyclic amines) is 1. The number of rotatable bonds is 7. The van der Waals surface area contributed by atoms with Crippen molar-refractivity contribution >= 4 is 5.82 Å². The molecule has 1 aliphatic carbocycles. The molecule has 174 valence electrons. The van der Waals surface area contributed by atoms with Gasteiger partial charge in [-0.2, -0.15) is 0 Å². The number of ether oxygens (including phenoxy) is 1. The minimum atomic E-state index is -0.658. The van der Waals surface area contributed by atoms with Crippen LogP contribution in [0.2, 0.25) is 0 Å². The van der Waals surface area contributed by atoms with Gasteiger partial charge >= 0.3 is 0 Å². The van der Waals surface area contributed by atoms with E-state index in [0.29, 0.717) is 18.1 Å². The van der Waals surface area contributed by atoms with Crippen LogP contribution in [-0.2, 0) is 12.8 Å². The predicted octanol–water partition coefficient (Wildman–Crippen LogP) is 2.25. The number of fused-ring (bicyclic) bond motifs is 1. The Balaban J connectivity index is 1.57. The van der Waals surface area contributed by atoms with Crippen LogP contribution < -0.4 is 15.0 Å². The Morgan fingerprint density at radius 3 is 2.84 bits per heavy atom. The van der Waals surface area contributed by atoms with E-state index >= 15 is 0 Å². The average molecular weight is 441 g/mol. The van der Waals surface area contributed by atoms with Gasteiger partial charge in [0.15, 0.2) is 5.82 Å². The van der Waals surface area contributed by atoms with Crippen LogP contribution in [0, 0.1) is 0 Å². The molecule has 1 saturated heterocycles. The maximum absolute atomic E-state index is 10.5. The number of anilines is 1. The fraction of sp³-hybridized carbons (Fsp3) is 0.625. The maximum Gasteiger partial charge on any atom is 0.180 e. The van der Waals surface area contributed by atoms with Crippen molar-refractivity contribution in [1.82, 2.24) is 25.2 Å². The zero-order valence-corrected chi connectivity index (χ0v) is 19.9. The van der Waals surface area contributed by atoms with Crippen molar-refractivity contribution in [2.24, 2.45) is 0 Å². The summed E-state index contributed by atoms with van der Waals surface area (Å²) in [7, 11) is 4.09. The Kier molecular flexibility index (Phi) is 6.65. The minimum absolute atomic E-state index is 0.169. The Morgan fingerprint density at radius 2 is 2.12 bits per heavy atom. The van der Waals surface area contributed by atoms with E-state index in [1.165, 1.54) is 5.56 Å². The van der Waals surface area contributed by atoms with Gasteiger partial charge in [-0.1, -0.05) is 0 Å². The number of nitrogens with one attached hydrogen (secondary N) is 1. The molecule has 0 spiro atoms. The standard InChI is InChI=1S/C24H36N6O2/c1-24(2,3)28-21(31)15-30(5)23-18-7-6-8-19(18)26-22(27-23)20-13-16(9-11-25-20)32-17-10-12-29(4)14-17/h9,11,13,17,21,28,31H,6-8,10,12,14-15H2,1-5H3/t17-,21?/m0/s1. The largest absolute Gasteiger partial charge is 0.489 e. The highest BCUT2D eigenvalue weighted by Gasteiger charge is 2.25. The van der Waals surface area contributed by atoms with E-state index in [2.05, 4.69) is 22.2 Å². The van der Waals surface area contributed by atoms with Gasteiger partial charge in [0.2, 0.25) is 0 Å². The molecule has 2 aliphatic rings. The van der Waals surface area contributed by atoms with Gasteiger partial charge in [-0.05, 0) is 59.6 Å². The monoisotopic (exact) mass is 440 g/mol. The van der Waals surface area contributed by atoms with Crippen LogP contribution in [-0.4, -0.2) is 76.6 Å². The van der Waals surface area contributed by atoms with Gasteiger partial charge in [0.05, 0.1) is 6.54 Å². The number of aliphatic hydroxyl groups is 1. The second-order valence-electron chi connectivity index (χ2n) is 10.1. The quantitative estimate of drug-likeness (QED) is 0.634. The molecule has 8 nitrogen and oxygen atoms in total. The molecule has 32 heavy (non-hydrogen) atoms. The Bertz CT molecular complexity index is 945. The second-order valence-corrected chi connectivity index (χ2v) is 10.1. The Hall–Kier alpha value is -2.29. The van der Waals surface area contributed by atoms with Crippen LogP contribution in [0.4, 0.5) is 5.82 Å². The average Bonchev–Trinajstić information content (AvgIpc) is 3.34. The van der Waals surface area contributed by atoms with Crippen molar-refractivity contribution in [2.45, 2.75) is 64.3 Å². The SMILES string of the molecule is CN1CC[C@H](Oc2ccnc(-c3nc4c(c(N(C)CC(O)NC(C)(C)C)n3)CCC4)c2)C1. The molecule has 1 fully saturated rings. The van der Waals surface area contributed by atoms with Crippen molar-refractivity contribution in [3.05, 3.63) is 29.6 Å². The van der Waals surface area contributed by atoms with Crippen molar-refractivity contribution in [3.8, 4) is 17.3 Å². The third kappa shape index (κ3) is 5.54.